The zero-order valence-electron chi connectivity index (χ0n) is 19.9. The van der Waals surface area contributed by atoms with Crippen LogP contribution in [0, 0.1) is 13.8 Å². The minimum absolute atomic E-state index is 0.0831. The molecule has 0 aliphatic rings. The van der Waals surface area contributed by atoms with Crippen LogP contribution >= 0.6 is 0 Å². The molecule has 0 bridgehead atoms. The van der Waals surface area contributed by atoms with Crippen LogP contribution in [0.3, 0.4) is 0 Å². The summed E-state index contributed by atoms with van der Waals surface area (Å²) in [6.07, 6.45) is 2.26. The lowest BCUT2D eigenvalue weighted by atomic mass is 9.96. The Labute approximate surface area is 190 Å². The Morgan fingerprint density at radius 1 is 1.16 bits per heavy atom. The third-order valence-electron chi connectivity index (χ3n) is 5.35. The summed E-state index contributed by atoms with van der Waals surface area (Å²) in [6.45, 7) is 9.58. The molecule has 172 valence electrons. The molecule has 0 heterocycles. The van der Waals surface area contributed by atoms with Crippen molar-refractivity contribution >= 4 is 17.9 Å². The lowest BCUT2D eigenvalue weighted by molar-refractivity contribution is 0.0614. The molecule has 0 radical (unpaired) electrons. The first-order valence-corrected chi connectivity index (χ1v) is 10.9. The van der Waals surface area contributed by atoms with E-state index in [0.29, 0.717) is 23.3 Å². The van der Waals surface area contributed by atoms with E-state index in [-0.39, 0.29) is 31.4 Å². The summed E-state index contributed by atoms with van der Waals surface area (Å²) in [6, 6.07) is 11.1. The quantitative estimate of drug-likeness (QED) is 0.448. The molecule has 0 unspecified atom stereocenters. The average molecular weight is 439 g/mol. The highest BCUT2D eigenvalue weighted by atomic mass is 16.5. The van der Waals surface area contributed by atoms with E-state index in [1.807, 2.05) is 58.9 Å². The van der Waals surface area contributed by atoms with Gasteiger partial charge in [-0.1, -0.05) is 36.2 Å². The molecule has 0 fully saturated rings. The largest absolute Gasteiger partial charge is 0.496 e. The van der Waals surface area contributed by atoms with Gasteiger partial charge >= 0.3 is 0 Å². The molecule has 6 nitrogen and oxygen atoms in total. The van der Waals surface area contributed by atoms with E-state index in [2.05, 4.69) is 4.99 Å². The number of hydrogen-bond donors (Lipinski definition) is 1. The lowest BCUT2D eigenvalue weighted by Crippen LogP contribution is -2.51. The van der Waals surface area contributed by atoms with Crippen molar-refractivity contribution in [3.63, 3.8) is 0 Å². The van der Waals surface area contributed by atoms with Crippen molar-refractivity contribution in [1.82, 2.24) is 4.90 Å². The van der Waals surface area contributed by atoms with Crippen molar-refractivity contribution in [2.75, 3.05) is 26.8 Å². The van der Waals surface area contributed by atoms with Gasteiger partial charge in [-0.2, -0.15) is 0 Å². The third kappa shape index (κ3) is 6.04. The maximum absolute atomic E-state index is 13.6. The topological polar surface area (TPSA) is 79.2 Å². The normalized spacial score (nSPS) is 11.6. The number of rotatable bonds is 10. The average Bonchev–Trinajstić information content (AvgIpc) is 2.75. The van der Waals surface area contributed by atoms with Crippen molar-refractivity contribution in [3.05, 3.63) is 64.2 Å². The summed E-state index contributed by atoms with van der Waals surface area (Å²) in [5, 5.41) is 9.09. The highest BCUT2D eigenvalue weighted by Gasteiger charge is 2.33. The number of hydrogen-bond acceptors (Lipinski definition) is 5. The van der Waals surface area contributed by atoms with E-state index < -0.39 is 5.54 Å². The summed E-state index contributed by atoms with van der Waals surface area (Å²) in [4.78, 5) is 32.8. The first-order valence-electron chi connectivity index (χ1n) is 10.9. The van der Waals surface area contributed by atoms with Gasteiger partial charge in [0.1, 0.15) is 5.75 Å². The Morgan fingerprint density at radius 2 is 1.81 bits per heavy atom. The number of ether oxygens (including phenoxy) is 1. The van der Waals surface area contributed by atoms with Gasteiger partial charge in [0.2, 0.25) is 0 Å². The van der Waals surface area contributed by atoms with Crippen LogP contribution in [0.15, 0.2) is 41.4 Å². The van der Waals surface area contributed by atoms with Crippen LogP contribution in [0.5, 0.6) is 5.75 Å². The lowest BCUT2D eigenvalue weighted by Gasteiger charge is -2.36. The summed E-state index contributed by atoms with van der Waals surface area (Å²) in [5.41, 5.74) is 3.02. The molecule has 0 aromatic heterocycles. The third-order valence-corrected chi connectivity index (χ3v) is 5.35. The monoisotopic (exact) mass is 438 g/mol. The fourth-order valence-corrected chi connectivity index (χ4v) is 3.82. The Balaban J connectivity index is 2.49. The van der Waals surface area contributed by atoms with Gasteiger partial charge in [-0.3, -0.25) is 14.6 Å². The number of aliphatic imine (C=N–C) groups is 1. The van der Waals surface area contributed by atoms with E-state index in [0.717, 1.165) is 16.7 Å². The molecule has 0 saturated carbocycles. The number of ketones is 1. The van der Waals surface area contributed by atoms with Crippen LogP contribution in [0.4, 0.5) is 0 Å². The van der Waals surface area contributed by atoms with Gasteiger partial charge in [-0.05, 0) is 52.3 Å². The van der Waals surface area contributed by atoms with Gasteiger partial charge in [0.15, 0.2) is 5.78 Å². The van der Waals surface area contributed by atoms with Crippen molar-refractivity contribution < 1.29 is 19.4 Å². The zero-order valence-corrected chi connectivity index (χ0v) is 19.9. The zero-order chi connectivity index (χ0) is 23.9. The minimum atomic E-state index is -0.842. The Hall–Kier alpha value is -2.99. The number of carbonyl (C=O) groups excluding carboxylic acids is 2. The molecular weight excluding hydrogens is 404 g/mol. The number of aliphatic hydroxyl groups is 1. The van der Waals surface area contributed by atoms with Crippen molar-refractivity contribution in [2.45, 2.75) is 46.6 Å². The molecule has 32 heavy (non-hydrogen) atoms. The summed E-state index contributed by atoms with van der Waals surface area (Å²) >= 11 is 0. The van der Waals surface area contributed by atoms with Crippen LogP contribution in [0.25, 0.3) is 0 Å². The SMILES string of the molecule is CCc1c(OC)cccc1C(=O)CN(C(=O)c1cc(C)cc(C)c1)C(C)(C)C=NCCO. The predicted octanol–water partition coefficient (Wildman–Crippen LogP) is 4.04. The Kier molecular flexibility index (Phi) is 8.72. The number of benzene rings is 2. The summed E-state index contributed by atoms with van der Waals surface area (Å²) in [5.74, 6) is 0.253. The first kappa shape index (κ1) is 25.3. The highest BCUT2D eigenvalue weighted by Crippen LogP contribution is 2.25. The molecular formula is C26H34N2O4. The highest BCUT2D eigenvalue weighted by molar-refractivity contribution is 6.04. The Morgan fingerprint density at radius 3 is 2.38 bits per heavy atom. The number of carbonyl (C=O) groups is 2. The van der Waals surface area contributed by atoms with E-state index in [4.69, 9.17) is 9.84 Å². The van der Waals surface area contributed by atoms with E-state index >= 15 is 0 Å². The molecule has 1 N–H and O–H groups in total. The van der Waals surface area contributed by atoms with Gasteiger partial charge in [-0.15, -0.1) is 0 Å². The fraction of sp³-hybridized carbons (Fsp3) is 0.423. The second-order valence-corrected chi connectivity index (χ2v) is 8.44. The van der Waals surface area contributed by atoms with E-state index in [9.17, 15) is 9.59 Å². The van der Waals surface area contributed by atoms with Crippen molar-refractivity contribution in [1.29, 1.82) is 0 Å². The van der Waals surface area contributed by atoms with Gasteiger partial charge in [0.25, 0.3) is 5.91 Å². The van der Waals surface area contributed by atoms with Gasteiger partial charge in [-0.25, -0.2) is 0 Å². The van der Waals surface area contributed by atoms with Crippen LogP contribution in [0.2, 0.25) is 0 Å². The first-order chi connectivity index (χ1) is 15.1. The molecule has 0 saturated heterocycles. The molecule has 2 aromatic rings. The van der Waals surface area contributed by atoms with Crippen LogP contribution in [-0.2, 0) is 6.42 Å². The predicted molar refractivity (Wildman–Crippen MR) is 128 cm³/mol. The van der Waals surface area contributed by atoms with Crippen molar-refractivity contribution in [2.24, 2.45) is 4.99 Å². The van der Waals surface area contributed by atoms with Crippen LogP contribution in [0.1, 0.15) is 58.2 Å². The number of Topliss-reactive ketones (excluding diaryl/α,β-unsaturated/α-hetero) is 1. The van der Waals surface area contributed by atoms with Crippen LogP contribution < -0.4 is 4.74 Å². The molecule has 0 aliphatic heterocycles. The number of aliphatic hydroxyl groups excluding tert-OH is 1. The smallest absolute Gasteiger partial charge is 0.255 e. The molecule has 0 aliphatic carbocycles. The second kappa shape index (κ2) is 11.0. The summed E-state index contributed by atoms with van der Waals surface area (Å²) < 4.78 is 5.43. The number of methoxy groups -OCH3 is 1. The van der Waals surface area contributed by atoms with Gasteiger partial charge in [0, 0.05) is 22.9 Å². The summed E-state index contributed by atoms with van der Waals surface area (Å²) in [7, 11) is 1.58. The second-order valence-electron chi connectivity index (χ2n) is 8.44. The molecule has 0 spiro atoms. The van der Waals surface area contributed by atoms with E-state index in [1.54, 1.807) is 30.4 Å². The maximum Gasteiger partial charge on any atom is 0.255 e. The minimum Gasteiger partial charge on any atom is -0.496 e. The number of amides is 1. The van der Waals surface area contributed by atoms with Crippen molar-refractivity contribution in [3.8, 4) is 5.75 Å². The fourth-order valence-electron chi connectivity index (χ4n) is 3.82. The number of aryl methyl sites for hydroxylation is 2. The molecule has 1 amide bonds. The molecule has 2 aromatic carbocycles. The Bertz CT molecular complexity index is 975. The maximum atomic E-state index is 13.6. The van der Waals surface area contributed by atoms with Gasteiger partial charge < -0.3 is 14.7 Å². The molecule has 2 rings (SSSR count). The van der Waals surface area contributed by atoms with Crippen LogP contribution in [-0.4, -0.2) is 60.3 Å². The molecule has 0 atom stereocenters. The number of nitrogens with zero attached hydrogens (tertiary/aromatic N) is 2. The van der Waals surface area contributed by atoms with E-state index in [1.165, 1.54) is 0 Å². The molecule has 6 heteroatoms. The van der Waals surface area contributed by atoms with Gasteiger partial charge in [0.05, 0.1) is 32.3 Å². The standard InChI is InChI=1S/C26H34N2O4/c1-7-21-22(9-8-10-24(21)32-6)23(30)16-28(26(4,5)17-27-11-12-29)25(31)20-14-18(2)13-19(3)15-20/h8-10,13-15,17,29H,7,11-12,16H2,1-6H3.